The minimum atomic E-state index is -3.89. The fourth-order valence-corrected chi connectivity index (χ4v) is 4.55. The molecule has 1 aromatic carbocycles. The molecule has 0 aliphatic rings. The van der Waals surface area contributed by atoms with Crippen LogP contribution in [-0.4, -0.2) is 31.5 Å². The lowest BCUT2D eigenvalue weighted by atomic mass is 10.3. The molecule has 3 rings (SSSR count). The highest BCUT2D eigenvalue weighted by atomic mass is 32.2. The lowest BCUT2D eigenvalue weighted by molar-refractivity contribution is -0.138. The van der Waals surface area contributed by atoms with Crippen LogP contribution in [0.4, 0.5) is 0 Å². The second-order valence-corrected chi connectivity index (χ2v) is 9.50. The van der Waals surface area contributed by atoms with E-state index in [-0.39, 0.29) is 9.77 Å². The van der Waals surface area contributed by atoms with E-state index in [1.54, 1.807) is 36.7 Å². The average Bonchev–Trinajstić information content (AvgIpc) is 3.24. The molecule has 0 saturated heterocycles. The summed E-state index contributed by atoms with van der Waals surface area (Å²) >= 11 is 1.14. The normalized spacial score (nSPS) is 12.3. The maximum absolute atomic E-state index is 12.2. The van der Waals surface area contributed by atoms with Gasteiger partial charge in [0.05, 0.1) is 30.7 Å². The molecule has 0 saturated carbocycles. The van der Waals surface area contributed by atoms with E-state index >= 15 is 0 Å². The summed E-state index contributed by atoms with van der Waals surface area (Å²) in [6.07, 6.45) is 1.59. The van der Waals surface area contributed by atoms with Gasteiger partial charge >= 0.3 is 11.9 Å². The maximum Gasteiger partial charge on any atom is 0.355 e. The van der Waals surface area contributed by atoms with Crippen molar-refractivity contribution >= 4 is 33.3 Å². The third kappa shape index (κ3) is 7.04. The van der Waals surface area contributed by atoms with E-state index in [1.807, 2.05) is 12.1 Å². The largest absolute Gasteiger partial charge is 0.389 e. The summed E-state index contributed by atoms with van der Waals surface area (Å²) in [7, 11) is -3.89. The molecular formula is C21H21N3O6S2. The summed E-state index contributed by atoms with van der Waals surface area (Å²) in [5.74, 6) is -1.78. The zero-order valence-corrected chi connectivity index (χ0v) is 18.5. The van der Waals surface area contributed by atoms with E-state index < -0.39 is 34.5 Å². The maximum atomic E-state index is 12.2. The van der Waals surface area contributed by atoms with E-state index in [0.717, 1.165) is 21.8 Å². The molecule has 3 N–H and O–H groups in total. The number of rotatable bonds is 10. The van der Waals surface area contributed by atoms with Gasteiger partial charge in [-0.1, -0.05) is 18.2 Å². The first kappa shape index (κ1) is 23.7. The van der Waals surface area contributed by atoms with Crippen molar-refractivity contribution in [2.75, 3.05) is 0 Å². The SMILES string of the molecule is N[C@H](CC(=O)OC(=O)c1ccc(COCc2ccncc2)s1)NS(=O)(=O)c1ccccc1. The zero-order chi connectivity index (χ0) is 23.0. The van der Waals surface area contributed by atoms with Gasteiger partial charge in [-0.25, -0.2) is 13.2 Å². The molecule has 2 aromatic heterocycles. The van der Waals surface area contributed by atoms with Gasteiger partial charge in [-0.05, 0) is 42.0 Å². The van der Waals surface area contributed by atoms with Gasteiger partial charge in [-0.15, -0.1) is 11.3 Å². The molecule has 0 fully saturated rings. The van der Waals surface area contributed by atoms with Crippen molar-refractivity contribution in [3.63, 3.8) is 0 Å². The number of hydrogen-bond donors (Lipinski definition) is 2. The van der Waals surface area contributed by atoms with Crippen LogP contribution in [0.15, 0.2) is 71.9 Å². The van der Waals surface area contributed by atoms with Crippen LogP contribution in [0.3, 0.4) is 0 Å². The number of ether oxygens (including phenoxy) is 2. The molecule has 3 aromatic rings. The minimum Gasteiger partial charge on any atom is -0.389 e. The summed E-state index contributed by atoms with van der Waals surface area (Å²) in [6, 6.07) is 14.5. The Morgan fingerprint density at radius 3 is 2.47 bits per heavy atom. The Morgan fingerprint density at radius 1 is 1.03 bits per heavy atom. The third-order valence-corrected chi connectivity index (χ3v) is 6.62. The first-order valence-electron chi connectivity index (χ1n) is 9.47. The summed E-state index contributed by atoms with van der Waals surface area (Å²) in [5, 5.41) is 0. The second-order valence-electron chi connectivity index (χ2n) is 6.62. The molecule has 2 heterocycles. The van der Waals surface area contributed by atoms with Gasteiger partial charge < -0.3 is 15.2 Å². The van der Waals surface area contributed by atoms with Gasteiger partial charge in [0.25, 0.3) is 0 Å². The first-order valence-corrected chi connectivity index (χ1v) is 11.8. The Labute approximate surface area is 189 Å². The molecule has 168 valence electrons. The van der Waals surface area contributed by atoms with E-state index in [4.69, 9.17) is 15.2 Å². The van der Waals surface area contributed by atoms with Crippen molar-refractivity contribution in [2.45, 2.75) is 30.7 Å². The summed E-state index contributed by atoms with van der Waals surface area (Å²) in [4.78, 5) is 29.2. The Bertz CT molecular complexity index is 1150. The van der Waals surface area contributed by atoms with Crippen LogP contribution in [0, 0.1) is 0 Å². The van der Waals surface area contributed by atoms with Crippen molar-refractivity contribution in [3.8, 4) is 0 Å². The number of hydrogen-bond acceptors (Lipinski definition) is 9. The number of esters is 2. The molecule has 0 radical (unpaired) electrons. The standard InChI is InChI=1S/C21H21N3O6S2/c22-19(24-32(27,28)17-4-2-1-3-5-17)12-20(25)30-21(26)18-7-6-16(31-18)14-29-13-15-8-10-23-11-9-15/h1-11,19,24H,12-14,22H2/t19-/m0/s1. The summed E-state index contributed by atoms with van der Waals surface area (Å²) < 4.78 is 37.0. The second kappa shape index (κ2) is 11.1. The molecule has 0 amide bonds. The number of nitrogens with zero attached hydrogens (tertiary/aromatic N) is 1. The number of pyridine rings is 1. The quantitative estimate of drug-likeness (QED) is 0.259. The van der Waals surface area contributed by atoms with Gasteiger partial charge in [0.15, 0.2) is 0 Å². The number of nitrogens with two attached hydrogens (primary N) is 1. The molecule has 1 atom stereocenters. The highest BCUT2D eigenvalue weighted by Crippen LogP contribution is 2.19. The van der Waals surface area contributed by atoms with Crippen molar-refractivity contribution in [1.29, 1.82) is 0 Å². The molecule has 0 spiro atoms. The molecule has 32 heavy (non-hydrogen) atoms. The van der Waals surface area contributed by atoms with Crippen LogP contribution >= 0.6 is 11.3 Å². The molecular weight excluding hydrogens is 454 g/mol. The topological polar surface area (TPSA) is 138 Å². The van der Waals surface area contributed by atoms with E-state index in [2.05, 4.69) is 9.71 Å². The van der Waals surface area contributed by atoms with Crippen LogP contribution in [0.25, 0.3) is 0 Å². The van der Waals surface area contributed by atoms with Crippen molar-refractivity contribution < 1.29 is 27.5 Å². The van der Waals surface area contributed by atoms with E-state index in [1.165, 1.54) is 18.2 Å². The molecule has 0 bridgehead atoms. The van der Waals surface area contributed by atoms with Crippen molar-refractivity contribution in [1.82, 2.24) is 9.71 Å². The van der Waals surface area contributed by atoms with E-state index in [0.29, 0.717) is 13.2 Å². The predicted molar refractivity (Wildman–Crippen MR) is 117 cm³/mol. The van der Waals surface area contributed by atoms with Crippen molar-refractivity contribution in [2.24, 2.45) is 5.73 Å². The van der Waals surface area contributed by atoms with Crippen LogP contribution in [0.5, 0.6) is 0 Å². The van der Waals surface area contributed by atoms with Gasteiger partial charge in [-0.3, -0.25) is 9.78 Å². The van der Waals surface area contributed by atoms with Crippen molar-refractivity contribution in [3.05, 3.63) is 82.3 Å². The van der Waals surface area contributed by atoms with Crippen LogP contribution in [0.2, 0.25) is 0 Å². The fourth-order valence-electron chi connectivity index (χ4n) is 2.60. The molecule has 9 nitrogen and oxygen atoms in total. The molecule has 11 heteroatoms. The average molecular weight is 476 g/mol. The van der Waals surface area contributed by atoms with Gasteiger partial charge in [0, 0.05) is 17.3 Å². The number of benzene rings is 1. The third-order valence-electron chi connectivity index (χ3n) is 4.08. The molecule has 0 unspecified atom stereocenters. The first-order chi connectivity index (χ1) is 15.3. The lowest BCUT2D eigenvalue weighted by Gasteiger charge is -2.13. The van der Waals surface area contributed by atoms with Gasteiger partial charge in [0.2, 0.25) is 10.0 Å². The van der Waals surface area contributed by atoms with E-state index in [9.17, 15) is 18.0 Å². The van der Waals surface area contributed by atoms with Crippen LogP contribution in [0.1, 0.15) is 26.5 Å². The molecule has 0 aliphatic heterocycles. The lowest BCUT2D eigenvalue weighted by Crippen LogP contribution is -2.43. The molecule has 0 aliphatic carbocycles. The number of thiophene rings is 1. The van der Waals surface area contributed by atoms with Gasteiger partial charge in [0.1, 0.15) is 4.88 Å². The smallest absolute Gasteiger partial charge is 0.355 e. The highest BCUT2D eigenvalue weighted by molar-refractivity contribution is 7.89. The number of sulfonamides is 1. The summed E-state index contributed by atoms with van der Waals surface area (Å²) in [5.41, 5.74) is 6.67. The van der Waals surface area contributed by atoms with Gasteiger partial charge in [-0.2, -0.15) is 4.72 Å². The Hall–Kier alpha value is -2.96. The summed E-state index contributed by atoms with van der Waals surface area (Å²) in [6.45, 7) is 0.690. The number of carbonyl (C=O) groups is 2. The minimum absolute atomic E-state index is 0.0113. The number of nitrogens with one attached hydrogen (secondary N) is 1. The Balaban J connectivity index is 1.45. The fraction of sp³-hybridized carbons (Fsp3) is 0.190. The van der Waals surface area contributed by atoms with Crippen LogP contribution < -0.4 is 10.5 Å². The van der Waals surface area contributed by atoms with Crippen LogP contribution in [-0.2, 0) is 37.5 Å². The number of aromatic nitrogens is 1. The monoisotopic (exact) mass is 475 g/mol. The predicted octanol–water partition coefficient (Wildman–Crippen LogP) is 2.20. The zero-order valence-electron chi connectivity index (χ0n) is 16.8. The Morgan fingerprint density at radius 2 is 1.75 bits per heavy atom. The highest BCUT2D eigenvalue weighted by Gasteiger charge is 2.22. The number of carbonyl (C=O) groups excluding carboxylic acids is 2. The Kier molecular flexibility index (Phi) is 8.20.